The first kappa shape index (κ1) is 16.3. The number of hydrogen-bond acceptors (Lipinski definition) is 4. The molecule has 22 heavy (non-hydrogen) atoms. The van der Waals surface area contributed by atoms with Crippen LogP contribution in [0.5, 0.6) is 5.75 Å². The van der Waals surface area contributed by atoms with Crippen LogP contribution in [0.25, 0.3) is 0 Å². The second-order valence-electron chi connectivity index (χ2n) is 5.46. The highest BCUT2D eigenvalue weighted by atomic mass is 16.5. The summed E-state index contributed by atoms with van der Waals surface area (Å²) in [6.07, 6.45) is 1.99. The monoisotopic (exact) mass is 305 g/mol. The lowest BCUT2D eigenvalue weighted by atomic mass is 9.97. The van der Waals surface area contributed by atoms with E-state index in [4.69, 9.17) is 9.47 Å². The van der Waals surface area contributed by atoms with Gasteiger partial charge >= 0.3 is 5.97 Å². The molecule has 1 atom stereocenters. The van der Waals surface area contributed by atoms with Crippen molar-refractivity contribution >= 4 is 11.9 Å². The normalized spacial score (nSPS) is 17.9. The van der Waals surface area contributed by atoms with E-state index in [1.54, 1.807) is 18.9 Å². The van der Waals surface area contributed by atoms with Crippen molar-refractivity contribution in [3.05, 3.63) is 29.8 Å². The third-order valence-electron chi connectivity index (χ3n) is 3.91. The van der Waals surface area contributed by atoms with Gasteiger partial charge in [0.1, 0.15) is 5.75 Å². The van der Waals surface area contributed by atoms with E-state index in [1.807, 2.05) is 24.3 Å². The van der Waals surface area contributed by atoms with Gasteiger partial charge in [-0.1, -0.05) is 12.1 Å². The fourth-order valence-corrected chi connectivity index (χ4v) is 2.69. The molecular formula is C17H23NO4. The lowest BCUT2D eigenvalue weighted by Crippen LogP contribution is -2.43. The van der Waals surface area contributed by atoms with Crippen LogP contribution < -0.4 is 4.74 Å². The highest BCUT2D eigenvalue weighted by Gasteiger charge is 2.29. The molecule has 5 heteroatoms. The van der Waals surface area contributed by atoms with Gasteiger partial charge in [-0.15, -0.1) is 0 Å². The number of esters is 1. The second-order valence-corrected chi connectivity index (χ2v) is 5.46. The molecule has 1 saturated heterocycles. The molecule has 5 nitrogen and oxygen atoms in total. The largest absolute Gasteiger partial charge is 0.497 e. The number of ether oxygens (including phenoxy) is 2. The molecule has 0 aliphatic carbocycles. The average molecular weight is 305 g/mol. The molecule has 120 valence electrons. The van der Waals surface area contributed by atoms with Gasteiger partial charge in [0, 0.05) is 13.1 Å². The first-order valence-corrected chi connectivity index (χ1v) is 7.71. The summed E-state index contributed by atoms with van der Waals surface area (Å²) in [5.41, 5.74) is 0.948. The van der Waals surface area contributed by atoms with Crippen LogP contribution in [0.15, 0.2) is 24.3 Å². The fraction of sp³-hybridized carbons (Fsp3) is 0.529. The quantitative estimate of drug-likeness (QED) is 0.781. The molecule has 1 aliphatic rings. The van der Waals surface area contributed by atoms with E-state index in [2.05, 4.69) is 0 Å². The molecule has 0 bridgehead atoms. The van der Waals surface area contributed by atoms with Crippen molar-refractivity contribution in [2.45, 2.75) is 26.2 Å². The van der Waals surface area contributed by atoms with Gasteiger partial charge in [-0.05, 0) is 37.5 Å². The lowest BCUT2D eigenvalue weighted by Gasteiger charge is -2.31. The molecule has 1 aromatic rings. The summed E-state index contributed by atoms with van der Waals surface area (Å²) in [7, 11) is 1.61. The van der Waals surface area contributed by atoms with Crippen LogP contribution in [0.4, 0.5) is 0 Å². The van der Waals surface area contributed by atoms with Gasteiger partial charge in [0.25, 0.3) is 0 Å². The molecule has 1 fully saturated rings. The van der Waals surface area contributed by atoms with Crippen LogP contribution in [0.1, 0.15) is 25.3 Å². The van der Waals surface area contributed by atoms with E-state index in [0.717, 1.165) is 24.2 Å². The smallest absolute Gasteiger partial charge is 0.310 e. The first-order chi connectivity index (χ1) is 10.6. The average Bonchev–Trinajstić information content (AvgIpc) is 2.56. The maximum Gasteiger partial charge on any atom is 0.310 e. The van der Waals surface area contributed by atoms with Crippen LogP contribution in [-0.2, 0) is 20.7 Å². The number of carbonyl (C=O) groups is 2. The zero-order chi connectivity index (χ0) is 15.9. The number of piperidine rings is 1. The maximum atomic E-state index is 12.4. The number of carbonyl (C=O) groups excluding carboxylic acids is 2. The Morgan fingerprint density at radius 3 is 2.64 bits per heavy atom. The topological polar surface area (TPSA) is 55.8 Å². The standard InChI is InChI=1S/C17H23NO4/c1-3-22-17(20)14-5-4-10-18(12-14)16(19)11-13-6-8-15(21-2)9-7-13/h6-9,14H,3-5,10-12H2,1-2H3/t14-/m1/s1. The van der Waals surface area contributed by atoms with Crippen molar-refractivity contribution in [3.63, 3.8) is 0 Å². The van der Waals surface area contributed by atoms with Crippen molar-refractivity contribution < 1.29 is 19.1 Å². The van der Waals surface area contributed by atoms with Crippen molar-refractivity contribution in [3.8, 4) is 5.75 Å². The number of methoxy groups -OCH3 is 1. The molecule has 1 amide bonds. The molecule has 1 aromatic carbocycles. The van der Waals surface area contributed by atoms with E-state index >= 15 is 0 Å². The molecule has 0 saturated carbocycles. The van der Waals surface area contributed by atoms with E-state index in [1.165, 1.54) is 0 Å². The van der Waals surface area contributed by atoms with Gasteiger partial charge in [0.2, 0.25) is 5.91 Å². The molecule has 2 rings (SSSR count). The Labute approximate surface area is 131 Å². The molecule has 0 N–H and O–H groups in total. The van der Waals surface area contributed by atoms with E-state index in [-0.39, 0.29) is 17.8 Å². The van der Waals surface area contributed by atoms with Gasteiger partial charge in [0.15, 0.2) is 0 Å². The van der Waals surface area contributed by atoms with Crippen molar-refractivity contribution in [1.82, 2.24) is 4.90 Å². The summed E-state index contributed by atoms with van der Waals surface area (Å²) in [6, 6.07) is 7.48. The lowest BCUT2D eigenvalue weighted by molar-refractivity contribution is -0.151. The Balaban J connectivity index is 1.92. The Kier molecular flexibility index (Phi) is 5.81. The molecule has 1 heterocycles. The van der Waals surface area contributed by atoms with Gasteiger partial charge in [-0.2, -0.15) is 0 Å². The number of hydrogen-bond donors (Lipinski definition) is 0. The summed E-state index contributed by atoms with van der Waals surface area (Å²) in [6.45, 7) is 3.36. The van der Waals surface area contributed by atoms with Crippen molar-refractivity contribution in [2.24, 2.45) is 5.92 Å². The maximum absolute atomic E-state index is 12.4. The minimum absolute atomic E-state index is 0.0548. The Bertz CT molecular complexity index is 512. The first-order valence-electron chi connectivity index (χ1n) is 7.71. The zero-order valence-electron chi connectivity index (χ0n) is 13.2. The minimum atomic E-state index is -0.190. The van der Waals surface area contributed by atoms with Crippen LogP contribution in [-0.4, -0.2) is 43.6 Å². The SMILES string of the molecule is CCOC(=O)[C@@H]1CCCN(C(=O)Cc2ccc(OC)cc2)C1. The Morgan fingerprint density at radius 2 is 2.00 bits per heavy atom. The summed E-state index contributed by atoms with van der Waals surface area (Å²) < 4.78 is 10.2. The van der Waals surface area contributed by atoms with Crippen LogP contribution in [0.2, 0.25) is 0 Å². The van der Waals surface area contributed by atoms with E-state index in [9.17, 15) is 9.59 Å². The van der Waals surface area contributed by atoms with Crippen molar-refractivity contribution in [1.29, 1.82) is 0 Å². The van der Waals surface area contributed by atoms with Crippen molar-refractivity contribution in [2.75, 3.05) is 26.8 Å². The number of amides is 1. The van der Waals surface area contributed by atoms with Gasteiger partial charge in [0.05, 0.1) is 26.1 Å². The van der Waals surface area contributed by atoms with Gasteiger partial charge in [-0.3, -0.25) is 9.59 Å². The van der Waals surface area contributed by atoms with E-state index in [0.29, 0.717) is 26.1 Å². The van der Waals surface area contributed by atoms with Gasteiger partial charge in [-0.25, -0.2) is 0 Å². The molecular weight excluding hydrogens is 282 g/mol. The minimum Gasteiger partial charge on any atom is -0.497 e. The third kappa shape index (κ3) is 4.23. The summed E-state index contributed by atoms with van der Waals surface area (Å²) in [5, 5.41) is 0. The van der Waals surface area contributed by atoms with Gasteiger partial charge < -0.3 is 14.4 Å². The summed E-state index contributed by atoms with van der Waals surface area (Å²) in [5.74, 6) is 0.452. The number of benzene rings is 1. The van der Waals surface area contributed by atoms with E-state index < -0.39 is 0 Å². The zero-order valence-corrected chi connectivity index (χ0v) is 13.2. The summed E-state index contributed by atoms with van der Waals surface area (Å²) >= 11 is 0. The fourth-order valence-electron chi connectivity index (χ4n) is 2.69. The highest BCUT2D eigenvalue weighted by Crippen LogP contribution is 2.19. The molecule has 0 unspecified atom stereocenters. The Morgan fingerprint density at radius 1 is 1.27 bits per heavy atom. The number of likely N-dealkylation sites (tertiary alicyclic amines) is 1. The van der Waals surface area contributed by atoms with Crippen LogP contribution in [0, 0.1) is 5.92 Å². The predicted octanol–water partition coefficient (Wildman–Crippen LogP) is 2.04. The predicted molar refractivity (Wildman–Crippen MR) is 82.6 cm³/mol. The Hall–Kier alpha value is -2.04. The third-order valence-corrected chi connectivity index (χ3v) is 3.91. The molecule has 0 spiro atoms. The molecule has 1 aliphatic heterocycles. The highest BCUT2D eigenvalue weighted by molar-refractivity contribution is 5.80. The molecule has 0 aromatic heterocycles. The molecule has 0 radical (unpaired) electrons. The number of nitrogens with zero attached hydrogens (tertiary/aromatic N) is 1. The van der Waals surface area contributed by atoms with Crippen LogP contribution in [0.3, 0.4) is 0 Å². The number of rotatable bonds is 5. The second kappa shape index (κ2) is 7.82. The van der Waals surface area contributed by atoms with Crippen LogP contribution >= 0.6 is 0 Å². The summed E-state index contributed by atoms with van der Waals surface area (Å²) in [4.78, 5) is 26.0.